The normalized spacial score (nSPS) is 16.8. The minimum absolute atomic E-state index is 0.191. The van der Waals surface area contributed by atoms with Crippen LogP contribution >= 0.6 is 15.9 Å². The van der Waals surface area contributed by atoms with Crippen LogP contribution in [-0.2, 0) is 9.63 Å². The third kappa shape index (κ3) is 3.20. The van der Waals surface area contributed by atoms with Gasteiger partial charge in [-0.3, -0.25) is 4.79 Å². The third-order valence-corrected chi connectivity index (χ3v) is 4.13. The largest absolute Gasteiger partial charge is 0.387 e. The number of aryl methyl sites for hydroxylation is 1. The molecule has 5 heteroatoms. The van der Waals surface area contributed by atoms with Gasteiger partial charge in [0, 0.05) is 10.9 Å². The van der Waals surface area contributed by atoms with Crippen molar-refractivity contribution in [1.82, 2.24) is 0 Å². The summed E-state index contributed by atoms with van der Waals surface area (Å²) in [5.74, 6) is -0.233. The molecular weight excluding hydrogens is 344 g/mol. The van der Waals surface area contributed by atoms with Crippen molar-refractivity contribution in [3.63, 3.8) is 0 Å². The number of carbonyl (C=O) groups excluding carboxylic acids is 1. The number of carbonyl (C=O) groups is 1. The van der Waals surface area contributed by atoms with Gasteiger partial charge in [0.25, 0.3) is 5.91 Å². The highest BCUT2D eigenvalue weighted by molar-refractivity contribution is 9.10. The average molecular weight is 359 g/mol. The minimum Gasteiger partial charge on any atom is -0.387 e. The van der Waals surface area contributed by atoms with E-state index in [0.29, 0.717) is 12.1 Å². The molecule has 4 nitrogen and oxygen atoms in total. The van der Waals surface area contributed by atoms with Gasteiger partial charge in [-0.25, -0.2) is 0 Å². The number of amides is 1. The molecular formula is C17H15BrN2O2. The van der Waals surface area contributed by atoms with Crippen LogP contribution in [0.3, 0.4) is 0 Å². The Morgan fingerprint density at radius 2 is 2.05 bits per heavy atom. The SMILES string of the molecule is Cc1ccc(NC(=O)C2=NO[C@@H](c3ccccc3)C2)c(Br)c1. The quantitative estimate of drug-likeness (QED) is 0.892. The molecule has 1 N–H and O–H groups in total. The summed E-state index contributed by atoms with van der Waals surface area (Å²) in [5, 5.41) is 6.78. The summed E-state index contributed by atoms with van der Waals surface area (Å²) in [6.07, 6.45) is 0.280. The molecule has 0 spiro atoms. The van der Waals surface area contributed by atoms with E-state index in [2.05, 4.69) is 26.4 Å². The molecule has 0 bridgehead atoms. The van der Waals surface area contributed by atoms with Crippen LogP contribution in [0.25, 0.3) is 0 Å². The van der Waals surface area contributed by atoms with Crippen molar-refractivity contribution in [3.8, 4) is 0 Å². The van der Waals surface area contributed by atoms with Crippen LogP contribution < -0.4 is 5.32 Å². The summed E-state index contributed by atoms with van der Waals surface area (Å²) in [6.45, 7) is 2.00. The van der Waals surface area contributed by atoms with Crippen LogP contribution in [0.4, 0.5) is 5.69 Å². The fraction of sp³-hybridized carbons (Fsp3) is 0.176. The maximum atomic E-state index is 12.3. The Labute approximate surface area is 137 Å². The van der Waals surface area contributed by atoms with Gasteiger partial charge in [0.2, 0.25) is 0 Å². The Hall–Kier alpha value is -2.14. The van der Waals surface area contributed by atoms with Gasteiger partial charge in [-0.1, -0.05) is 41.6 Å². The van der Waals surface area contributed by atoms with Crippen molar-refractivity contribution >= 4 is 33.2 Å². The lowest BCUT2D eigenvalue weighted by Gasteiger charge is -2.08. The Kier molecular flexibility index (Phi) is 4.24. The van der Waals surface area contributed by atoms with Crippen molar-refractivity contribution in [3.05, 3.63) is 64.1 Å². The first-order chi connectivity index (χ1) is 10.6. The maximum Gasteiger partial charge on any atom is 0.273 e. The molecule has 0 aliphatic carbocycles. The lowest BCUT2D eigenvalue weighted by atomic mass is 10.0. The smallest absolute Gasteiger partial charge is 0.273 e. The van der Waals surface area contributed by atoms with E-state index < -0.39 is 0 Å². The van der Waals surface area contributed by atoms with Crippen molar-refractivity contribution in [1.29, 1.82) is 0 Å². The third-order valence-electron chi connectivity index (χ3n) is 3.48. The van der Waals surface area contributed by atoms with E-state index in [0.717, 1.165) is 21.3 Å². The molecule has 1 amide bonds. The highest BCUT2D eigenvalue weighted by atomic mass is 79.9. The van der Waals surface area contributed by atoms with Gasteiger partial charge in [0.1, 0.15) is 5.71 Å². The summed E-state index contributed by atoms with van der Waals surface area (Å²) in [6, 6.07) is 15.5. The molecule has 1 aliphatic heterocycles. The van der Waals surface area contributed by atoms with E-state index in [-0.39, 0.29) is 12.0 Å². The van der Waals surface area contributed by atoms with E-state index in [1.54, 1.807) is 0 Å². The van der Waals surface area contributed by atoms with E-state index in [1.807, 2.05) is 55.5 Å². The van der Waals surface area contributed by atoms with Gasteiger partial charge in [-0.05, 0) is 46.1 Å². The van der Waals surface area contributed by atoms with Crippen molar-refractivity contribution in [2.75, 3.05) is 5.32 Å². The van der Waals surface area contributed by atoms with Crippen LogP contribution in [-0.4, -0.2) is 11.6 Å². The number of halogens is 1. The van der Waals surface area contributed by atoms with Gasteiger partial charge in [0.05, 0.1) is 5.69 Å². The molecule has 2 aromatic carbocycles. The van der Waals surface area contributed by atoms with Gasteiger partial charge in [-0.15, -0.1) is 0 Å². The highest BCUT2D eigenvalue weighted by Gasteiger charge is 2.27. The zero-order valence-electron chi connectivity index (χ0n) is 12.0. The van der Waals surface area contributed by atoms with E-state index in [1.165, 1.54) is 0 Å². The molecule has 3 rings (SSSR count). The lowest BCUT2D eigenvalue weighted by Crippen LogP contribution is -2.22. The molecule has 0 saturated heterocycles. The molecule has 0 aromatic heterocycles. The van der Waals surface area contributed by atoms with Crippen LogP contribution in [0.5, 0.6) is 0 Å². The second-order valence-electron chi connectivity index (χ2n) is 5.18. The molecule has 22 heavy (non-hydrogen) atoms. The summed E-state index contributed by atoms with van der Waals surface area (Å²) < 4.78 is 0.847. The van der Waals surface area contributed by atoms with E-state index in [9.17, 15) is 4.79 Å². The summed E-state index contributed by atoms with van der Waals surface area (Å²) in [5.41, 5.74) is 3.27. The molecule has 1 heterocycles. The highest BCUT2D eigenvalue weighted by Crippen LogP contribution is 2.28. The fourth-order valence-corrected chi connectivity index (χ4v) is 2.87. The van der Waals surface area contributed by atoms with Gasteiger partial charge in [-0.2, -0.15) is 0 Å². The standard InChI is InChI=1S/C17H15BrN2O2/c1-11-7-8-14(13(18)9-11)19-17(21)15-10-16(22-20-15)12-5-3-2-4-6-12/h2-9,16H,10H2,1H3,(H,19,21)/t16-/m1/s1. The van der Waals surface area contributed by atoms with E-state index >= 15 is 0 Å². The van der Waals surface area contributed by atoms with Crippen molar-refractivity contribution in [2.45, 2.75) is 19.4 Å². The predicted octanol–water partition coefficient (Wildman–Crippen LogP) is 4.21. The fourth-order valence-electron chi connectivity index (χ4n) is 2.27. The first-order valence-corrected chi connectivity index (χ1v) is 7.78. The average Bonchev–Trinajstić information content (AvgIpc) is 3.01. The predicted molar refractivity (Wildman–Crippen MR) is 89.8 cm³/mol. The summed E-state index contributed by atoms with van der Waals surface area (Å²) >= 11 is 3.45. The molecule has 0 radical (unpaired) electrons. The van der Waals surface area contributed by atoms with Crippen LogP contribution in [0.15, 0.2) is 58.2 Å². The second kappa shape index (κ2) is 6.32. The first-order valence-electron chi connectivity index (χ1n) is 6.98. The molecule has 112 valence electrons. The van der Waals surface area contributed by atoms with Crippen molar-refractivity contribution in [2.24, 2.45) is 5.16 Å². The molecule has 1 atom stereocenters. The zero-order valence-corrected chi connectivity index (χ0v) is 13.6. The maximum absolute atomic E-state index is 12.3. The Morgan fingerprint density at radius 1 is 1.27 bits per heavy atom. The van der Waals surface area contributed by atoms with Gasteiger partial charge in [0.15, 0.2) is 6.10 Å². The topological polar surface area (TPSA) is 50.7 Å². The molecule has 2 aromatic rings. The van der Waals surface area contributed by atoms with Gasteiger partial charge >= 0.3 is 0 Å². The monoisotopic (exact) mass is 358 g/mol. The molecule has 0 unspecified atom stereocenters. The number of anilines is 1. The molecule has 0 fully saturated rings. The number of benzene rings is 2. The van der Waals surface area contributed by atoms with Crippen LogP contribution in [0.1, 0.15) is 23.7 Å². The summed E-state index contributed by atoms with van der Waals surface area (Å²) in [7, 11) is 0. The number of hydrogen-bond donors (Lipinski definition) is 1. The molecule has 0 saturated carbocycles. The van der Waals surface area contributed by atoms with Gasteiger partial charge < -0.3 is 10.2 Å². The number of rotatable bonds is 3. The van der Waals surface area contributed by atoms with Crippen LogP contribution in [0.2, 0.25) is 0 Å². The summed E-state index contributed by atoms with van der Waals surface area (Å²) in [4.78, 5) is 17.7. The Bertz CT molecular complexity index is 729. The minimum atomic E-state index is -0.233. The lowest BCUT2D eigenvalue weighted by molar-refractivity contribution is -0.110. The van der Waals surface area contributed by atoms with Crippen LogP contribution in [0, 0.1) is 6.92 Å². The number of hydrogen-bond acceptors (Lipinski definition) is 3. The Morgan fingerprint density at radius 3 is 2.77 bits per heavy atom. The second-order valence-corrected chi connectivity index (χ2v) is 6.04. The molecule has 1 aliphatic rings. The first kappa shape index (κ1) is 14.8. The zero-order chi connectivity index (χ0) is 15.5. The van der Waals surface area contributed by atoms with Crippen molar-refractivity contribution < 1.29 is 9.63 Å². The van der Waals surface area contributed by atoms with E-state index in [4.69, 9.17) is 4.84 Å². The number of oxime groups is 1. The number of nitrogens with zero attached hydrogens (tertiary/aromatic N) is 1. The Balaban J connectivity index is 1.67. The number of nitrogens with one attached hydrogen (secondary N) is 1.